The van der Waals surface area contributed by atoms with Crippen LogP contribution in [0.2, 0.25) is 0 Å². The topological polar surface area (TPSA) is 75.4 Å². The van der Waals surface area contributed by atoms with Gasteiger partial charge >= 0.3 is 0 Å². The molecule has 3 rings (SSSR count). The van der Waals surface area contributed by atoms with Crippen LogP contribution in [0, 0.1) is 0 Å². The Kier molecular flexibility index (Phi) is 6.64. The summed E-state index contributed by atoms with van der Waals surface area (Å²) >= 11 is 0. The number of nitrogens with two attached hydrogens (primary N) is 1. The van der Waals surface area contributed by atoms with Crippen LogP contribution < -0.4 is 16.0 Å². The molecule has 2 amide bonds. The Morgan fingerprint density at radius 2 is 1.81 bits per heavy atom. The van der Waals surface area contributed by atoms with Crippen molar-refractivity contribution in [2.45, 2.75) is 32.2 Å². The normalized spacial score (nSPS) is 14.7. The van der Waals surface area contributed by atoms with E-state index in [1.54, 1.807) is 12.1 Å². The molecule has 1 aliphatic rings. The van der Waals surface area contributed by atoms with Gasteiger partial charge in [0.25, 0.3) is 0 Å². The standard InChI is InChI=1S/C20H23N3O2.ClH/c1-14(22-19(24)13-15-4-8-17(21)9-5-15)16-6-10-18(11-7-16)23-12-2-3-20(23)25;/h4-11,14H,2-3,12-13,21H2,1H3,(H,22,24);1H. The Labute approximate surface area is 160 Å². The number of hydrogen-bond donors (Lipinski definition) is 2. The van der Waals surface area contributed by atoms with Gasteiger partial charge in [-0.3, -0.25) is 9.59 Å². The fourth-order valence-corrected chi connectivity index (χ4v) is 3.06. The van der Waals surface area contributed by atoms with E-state index in [0.29, 0.717) is 18.5 Å². The zero-order chi connectivity index (χ0) is 17.8. The molecule has 2 aromatic carbocycles. The molecule has 0 saturated carbocycles. The van der Waals surface area contributed by atoms with E-state index in [0.717, 1.165) is 29.8 Å². The molecular formula is C20H24ClN3O2. The largest absolute Gasteiger partial charge is 0.399 e. The first-order valence-corrected chi connectivity index (χ1v) is 8.57. The Morgan fingerprint density at radius 1 is 1.15 bits per heavy atom. The first-order valence-electron chi connectivity index (χ1n) is 8.57. The lowest BCUT2D eigenvalue weighted by atomic mass is 10.1. The number of carbonyl (C=O) groups is 2. The Bertz CT molecular complexity index is 760. The zero-order valence-electron chi connectivity index (χ0n) is 14.8. The van der Waals surface area contributed by atoms with Gasteiger partial charge in [0, 0.05) is 24.3 Å². The molecule has 3 N–H and O–H groups in total. The highest BCUT2D eigenvalue weighted by Crippen LogP contribution is 2.23. The lowest BCUT2D eigenvalue weighted by molar-refractivity contribution is -0.121. The van der Waals surface area contributed by atoms with Crippen LogP contribution in [0.25, 0.3) is 0 Å². The number of carbonyl (C=O) groups excluding carboxylic acids is 2. The van der Waals surface area contributed by atoms with Crippen molar-refractivity contribution in [1.82, 2.24) is 5.32 Å². The minimum atomic E-state index is -0.0930. The van der Waals surface area contributed by atoms with E-state index in [1.165, 1.54) is 0 Å². The summed E-state index contributed by atoms with van der Waals surface area (Å²) in [5.41, 5.74) is 9.21. The van der Waals surface area contributed by atoms with E-state index in [2.05, 4.69) is 5.32 Å². The number of rotatable bonds is 5. The molecular weight excluding hydrogens is 350 g/mol. The molecule has 1 aliphatic heterocycles. The molecule has 0 aromatic heterocycles. The Morgan fingerprint density at radius 3 is 2.38 bits per heavy atom. The van der Waals surface area contributed by atoms with Crippen molar-refractivity contribution in [1.29, 1.82) is 0 Å². The van der Waals surface area contributed by atoms with Crippen LogP contribution in [0.1, 0.15) is 36.9 Å². The molecule has 1 fully saturated rings. The van der Waals surface area contributed by atoms with Crippen LogP contribution in [0.5, 0.6) is 0 Å². The highest BCUT2D eigenvalue weighted by molar-refractivity contribution is 5.95. The first kappa shape index (κ1) is 19.8. The summed E-state index contributed by atoms with van der Waals surface area (Å²) < 4.78 is 0. The zero-order valence-corrected chi connectivity index (χ0v) is 15.6. The van der Waals surface area contributed by atoms with E-state index in [4.69, 9.17) is 5.73 Å². The quantitative estimate of drug-likeness (QED) is 0.790. The van der Waals surface area contributed by atoms with Crippen LogP contribution in [0.4, 0.5) is 11.4 Å². The van der Waals surface area contributed by atoms with Gasteiger partial charge in [-0.25, -0.2) is 0 Å². The van der Waals surface area contributed by atoms with Crippen LogP contribution in [0.3, 0.4) is 0 Å². The third-order valence-corrected chi connectivity index (χ3v) is 4.50. The molecule has 6 heteroatoms. The van der Waals surface area contributed by atoms with Gasteiger partial charge in [-0.1, -0.05) is 24.3 Å². The van der Waals surface area contributed by atoms with E-state index in [-0.39, 0.29) is 30.3 Å². The number of nitrogens with zero attached hydrogens (tertiary/aromatic N) is 1. The molecule has 0 bridgehead atoms. The summed E-state index contributed by atoms with van der Waals surface area (Å²) in [6, 6.07) is 15.1. The summed E-state index contributed by atoms with van der Waals surface area (Å²) in [7, 11) is 0. The summed E-state index contributed by atoms with van der Waals surface area (Å²) in [6.07, 6.45) is 1.86. The van der Waals surface area contributed by atoms with Gasteiger partial charge in [0.1, 0.15) is 0 Å². The molecule has 1 saturated heterocycles. The molecule has 1 atom stereocenters. The minimum absolute atomic E-state index is 0. The Balaban J connectivity index is 0.00000243. The second-order valence-corrected chi connectivity index (χ2v) is 6.45. The highest BCUT2D eigenvalue weighted by Gasteiger charge is 2.21. The third kappa shape index (κ3) is 4.76. The first-order chi connectivity index (χ1) is 12.0. The summed E-state index contributed by atoms with van der Waals surface area (Å²) in [4.78, 5) is 25.8. The van der Waals surface area contributed by atoms with Gasteiger partial charge in [0.15, 0.2) is 0 Å². The maximum atomic E-state index is 12.2. The van der Waals surface area contributed by atoms with Crippen LogP contribution in [-0.4, -0.2) is 18.4 Å². The van der Waals surface area contributed by atoms with Crippen molar-refractivity contribution in [3.8, 4) is 0 Å². The van der Waals surface area contributed by atoms with Crippen molar-refractivity contribution in [2.24, 2.45) is 0 Å². The van der Waals surface area contributed by atoms with Crippen molar-refractivity contribution >= 4 is 35.6 Å². The smallest absolute Gasteiger partial charge is 0.227 e. The number of nitrogen functional groups attached to an aromatic ring is 1. The SMILES string of the molecule is CC(NC(=O)Cc1ccc(N)cc1)c1ccc(N2CCCC2=O)cc1.Cl. The number of anilines is 2. The summed E-state index contributed by atoms with van der Waals surface area (Å²) in [5.74, 6) is 0.147. The number of halogens is 1. The molecule has 138 valence electrons. The fraction of sp³-hybridized carbons (Fsp3) is 0.300. The third-order valence-electron chi connectivity index (χ3n) is 4.50. The van der Waals surface area contributed by atoms with E-state index in [1.807, 2.05) is 48.2 Å². The van der Waals surface area contributed by atoms with Gasteiger partial charge in [-0.2, -0.15) is 0 Å². The fourth-order valence-electron chi connectivity index (χ4n) is 3.06. The number of amides is 2. The summed E-state index contributed by atoms with van der Waals surface area (Å²) in [5, 5.41) is 3.01. The van der Waals surface area contributed by atoms with E-state index < -0.39 is 0 Å². The van der Waals surface area contributed by atoms with Crippen molar-refractivity contribution in [3.63, 3.8) is 0 Å². The van der Waals surface area contributed by atoms with Crippen molar-refractivity contribution in [3.05, 3.63) is 59.7 Å². The summed E-state index contributed by atoms with van der Waals surface area (Å²) in [6.45, 7) is 2.74. The lowest BCUT2D eigenvalue weighted by Crippen LogP contribution is -2.28. The molecule has 0 radical (unpaired) electrons. The molecule has 2 aromatic rings. The molecule has 26 heavy (non-hydrogen) atoms. The maximum Gasteiger partial charge on any atom is 0.227 e. The second-order valence-electron chi connectivity index (χ2n) is 6.45. The van der Waals surface area contributed by atoms with E-state index in [9.17, 15) is 9.59 Å². The predicted molar refractivity (Wildman–Crippen MR) is 106 cm³/mol. The number of benzene rings is 2. The van der Waals surface area contributed by atoms with Crippen LogP contribution in [0.15, 0.2) is 48.5 Å². The van der Waals surface area contributed by atoms with Crippen molar-refractivity contribution < 1.29 is 9.59 Å². The molecule has 1 heterocycles. The van der Waals surface area contributed by atoms with E-state index >= 15 is 0 Å². The van der Waals surface area contributed by atoms with Gasteiger partial charge < -0.3 is 16.0 Å². The predicted octanol–water partition coefficient (Wildman–Crippen LogP) is 3.24. The van der Waals surface area contributed by atoms with Gasteiger partial charge in [-0.05, 0) is 48.7 Å². The van der Waals surface area contributed by atoms with Gasteiger partial charge in [-0.15, -0.1) is 12.4 Å². The Hall–Kier alpha value is -2.53. The van der Waals surface area contributed by atoms with Gasteiger partial charge in [0.05, 0.1) is 12.5 Å². The number of hydrogen-bond acceptors (Lipinski definition) is 3. The van der Waals surface area contributed by atoms with Gasteiger partial charge in [0.2, 0.25) is 11.8 Å². The van der Waals surface area contributed by atoms with Crippen LogP contribution >= 0.6 is 12.4 Å². The molecule has 0 spiro atoms. The second kappa shape index (κ2) is 8.72. The lowest BCUT2D eigenvalue weighted by Gasteiger charge is -2.18. The maximum absolute atomic E-state index is 12.2. The highest BCUT2D eigenvalue weighted by atomic mass is 35.5. The average Bonchev–Trinajstić information content (AvgIpc) is 3.03. The van der Waals surface area contributed by atoms with Crippen molar-refractivity contribution in [2.75, 3.05) is 17.2 Å². The average molecular weight is 374 g/mol. The molecule has 5 nitrogen and oxygen atoms in total. The van der Waals surface area contributed by atoms with Crippen LogP contribution in [-0.2, 0) is 16.0 Å². The molecule has 0 aliphatic carbocycles. The molecule has 1 unspecified atom stereocenters. The minimum Gasteiger partial charge on any atom is -0.399 e. The monoisotopic (exact) mass is 373 g/mol. The number of nitrogens with one attached hydrogen (secondary N) is 1.